The average molecular weight is 475 g/mol. The summed E-state index contributed by atoms with van der Waals surface area (Å²) in [5.41, 5.74) is 0.864. The van der Waals surface area contributed by atoms with E-state index in [1.165, 1.54) is 10.5 Å². The van der Waals surface area contributed by atoms with E-state index in [0.29, 0.717) is 29.8 Å². The summed E-state index contributed by atoms with van der Waals surface area (Å²) >= 11 is 0. The number of hydrogen-bond acceptors (Lipinski definition) is 7. The summed E-state index contributed by atoms with van der Waals surface area (Å²) in [7, 11) is 0. The number of halogens is 1. The number of aromatic nitrogens is 3. The fraction of sp³-hybridized carbons (Fsp3) is 0.240. The monoisotopic (exact) mass is 475 g/mol. The van der Waals surface area contributed by atoms with Gasteiger partial charge in [0.25, 0.3) is 11.5 Å². The van der Waals surface area contributed by atoms with E-state index in [2.05, 4.69) is 15.3 Å². The molecule has 0 saturated carbocycles. The molecule has 10 heteroatoms. The third-order valence-corrected chi connectivity index (χ3v) is 5.25. The number of carbonyl (C=O) groups is 1. The van der Waals surface area contributed by atoms with Gasteiger partial charge >= 0.3 is 0 Å². The molecule has 0 radical (unpaired) electrons. The smallest absolute Gasteiger partial charge is 0.270 e. The molecule has 4 rings (SSSR count). The lowest BCUT2D eigenvalue weighted by molar-refractivity contribution is -0.141. The van der Waals surface area contributed by atoms with E-state index < -0.39 is 23.6 Å². The van der Waals surface area contributed by atoms with E-state index in [4.69, 9.17) is 9.47 Å². The topological polar surface area (TPSA) is 119 Å². The molecule has 178 valence electrons. The van der Waals surface area contributed by atoms with Crippen molar-refractivity contribution in [2.45, 2.75) is 26.7 Å². The van der Waals surface area contributed by atoms with E-state index in [9.17, 15) is 19.2 Å². The quantitative estimate of drug-likeness (QED) is 0.389. The number of benzene rings is 1. The molecule has 3 aromatic heterocycles. The Morgan fingerprint density at radius 2 is 1.94 bits per heavy atom. The predicted molar refractivity (Wildman–Crippen MR) is 125 cm³/mol. The maximum absolute atomic E-state index is 14.8. The summed E-state index contributed by atoms with van der Waals surface area (Å²) in [6.07, 6.45) is 0.678. The lowest BCUT2D eigenvalue weighted by atomic mass is 10.1. The maximum Gasteiger partial charge on any atom is 0.270 e. The van der Waals surface area contributed by atoms with Crippen molar-refractivity contribution in [2.24, 2.45) is 0 Å². The number of nitriles is 1. The number of carbonyl (C=O) groups excluding carboxylic acids is 1. The Balaban J connectivity index is 1.64. The van der Waals surface area contributed by atoms with Crippen molar-refractivity contribution >= 4 is 22.5 Å². The Kier molecular flexibility index (Phi) is 7.10. The molecular formula is C25H22FN5O4. The van der Waals surface area contributed by atoms with Gasteiger partial charge in [-0.25, -0.2) is 14.4 Å². The normalized spacial score (nSPS) is 11.2. The van der Waals surface area contributed by atoms with Crippen LogP contribution >= 0.6 is 0 Å². The molecule has 35 heavy (non-hydrogen) atoms. The van der Waals surface area contributed by atoms with E-state index in [0.717, 1.165) is 6.07 Å². The van der Waals surface area contributed by atoms with Crippen molar-refractivity contribution in [3.05, 3.63) is 87.3 Å². The Labute approximate surface area is 199 Å². The first-order valence-electron chi connectivity index (χ1n) is 11.0. The summed E-state index contributed by atoms with van der Waals surface area (Å²) < 4.78 is 27.1. The molecule has 0 spiro atoms. The van der Waals surface area contributed by atoms with Crippen LogP contribution in [-0.2, 0) is 16.0 Å². The minimum atomic E-state index is -0.883. The second-order valence-corrected chi connectivity index (χ2v) is 7.51. The molecule has 1 amide bonds. The third kappa shape index (κ3) is 5.01. The summed E-state index contributed by atoms with van der Waals surface area (Å²) in [6, 6.07) is 12.6. The zero-order valence-electron chi connectivity index (χ0n) is 19.1. The van der Waals surface area contributed by atoms with E-state index in [1.807, 2.05) is 6.07 Å². The Morgan fingerprint density at radius 3 is 2.66 bits per heavy atom. The van der Waals surface area contributed by atoms with Gasteiger partial charge in [-0.3, -0.25) is 14.0 Å². The van der Waals surface area contributed by atoms with Gasteiger partial charge in [0.15, 0.2) is 6.29 Å². The fourth-order valence-corrected chi connectivity index (χ4v) is 3.64. The number of pyridine rings is 2. The highest BCUT2D eigenvalue weighted by molar-refractivity contribution is 5.92. The number of ether oxygens (including phenoxy) is 2. The highest BCUT2D eigenvalue weighted by Crippen LogP contribution is 2.27. The van der Waals surface area contributed by atoms with E-state index in [-0.39, 0.29) is 29.0 Å². The van der Waals surface area contributed by atoms with Crippen LogP contribution in [0.3, 0.4) is 0 Å². The molecule has 4 aromatic rings. The first-order chi connectivity index (χ1) is 16.9. The van der Waals surface area contributed by atoms with Gasteiger partial charge in [-0.05, 0) is 38.1 Å². The number of amides is 1. The maximum atomic E-state index is 14.8. The lowest BCUT2D eigenvalue weighted by Gasteiger charge is -2.18. The SMILES string of the molecule is CCOC(OCC)c1cc2cc(CNC(=O)c3cc(=O)n4ccccc4n3)c(C#N)nc2cc1F. The fourth-order valence-electron chi connectivity index (χ4n) is 3.64. The average Bonchev–Trinajstić information content (AvgIpc) is 2.86. The molecule has 1 aromatic carbocycles. The zero-order valence-corrected chi connectivity index (χ0v) is 19.1. The molecule has 0 aliphatic rings. The van der Waals surface area contributed by atoms with Crippen LogP contribution in [-0.4, -0.2) is 33.5 Å². The van der Waals surface area contributed by atoms with Gasteiger partial charge in [-0.2, -0.15) is 5.26 Å². The van der Waals surface area contributed by atoms with Crippen molar-refractivity contribution in [3.8, 4) is 6.07 Å². The van der Waals surface area contributed by atoms with Crippen LogP contribution in [0, 0.1) is 17.1 Å². The van der Waals surface area contributed by atoms with Crippen LogP contribution in [0.2, 0.25) is 0 Å². The molecule has 0 fully saturated rings. The molecule has 9 nitrogen and oxygen atoms in total. The summed E-state index contributed by atoms with van der Waals surface area (Å²) in [6.45, 7) is 4.18. The molecule has 0 aliphatic carbocycles. The van der Waals surface area contributed by atoms with Crippen LogP contribution in [0.25, 0.3) is 16.6 Å². The first kappa shape index (κ1) is 23.9. The van der Waals surface area contributed by atoms with Gasteiger partial charge in [0, 0.05) is 54.6 Å². The van der Waals surface area contributed by atoms with Gasteiger partial charge < -0.3 is 14.8 Å². The standard InChI is InChI=1S/C25H22FN5O4/c1-3-34-25(35-4-2)17-10-15-9-16(21(13-27)29-19(15)11-18(17)26)14-28-24(33)20-12-23(32)31-8-6-5-7-22(31)30-20/h5-12,25H,3-4,14H2,1-2H3,(H,28,33). The molecule has 0 bridgehead atoms. The van der Waals surface area contributed by atoms with Crippen LogP contribution in [0.15, 0.2) is 53.5 Å². The zero-order chi connectivity index (χ0) is 24.9. The van der Waals surface area contributed by atoms with Crippen molar-refractivity contribution < 1.29 is 18.7 Å². The van der Waals surface area contributed by atoms with Crippen LogP contribution in [0.5, 0.6) is 0 Å². The first-order valence-corrected chi connectivity index (χ1v) is 11.0. The largest absolute Gasteiger partial charge is 0.349 e. The van der Waals surface area contributed by atoms with Crippen molar-refractivity contribution in [2.75, 3.05) is 13.2 Å². The van der Waals surface area contributed by atoms with Crippen LogP contribution in [0.1, 0.15) is 47.4 Å². The highest BCUT2D eigenvalue weighted by Gasteiger charge is 2.19. The van der Waals surface area contributed by atoms with Gasteiger partial charge in [-0.1, -0.05) is 6.07 Å². The van der Waals surface area contributed by atoms with E-state index in [1.54, 1.807) is 50.4 Å². The van der Waals surface area contributed by atoms with Gasteiger partial charge in [0.1, 0.15) is 28.9 Å². The number of nitrogens with zero attached hydrogens (tertiary/aromatic N) is 4. The minimum Gasteiger partial charge on any atom is -0.349 e. The predicted octanol–water partition coefficient (Wildman–Crippen LogP) is 3.26. The van der Waals surface area contributed by atoms with Crippen LogP contribution < -0.4 is 10.9 Å². The molecule has 0 unspecified atom stereocenters. The number of rotatable bonds is 8. The van der Waals surface area contributed by atoms with Crippen molar-refractivity contribution in [1.82, 2.24) is 19.7 Å². The molecular weight excluding hydrogens is 453 g/mol. The molecule has 0 atom stereocenters. The Hall–Kier alpha value is -4.20. The molecule has 0 saturated heterocycles. The number of fused-ring (bicyclic) bond motifs is 2. The van der Waals surface area contributed by atoms with Gasteiger partial charge in [0.05, 0.1) is 5.52 Å². The van der Waals surface area contributed by atoms with Crippen LogP contribution in [0.4, 0.5) is 4.39 Å². The molecule has 0 aliphatic heterocycles. The highest BCUT2D eigenvalue weighted by atomic mass is 19.1. The van der Waals surface area contributed by atoms with Gasteiger partial charge in [0.2, 0.25) is 0 Å². The second kappa shape index (κ2) is 10.4. The van der Waals surface area contributed by atoms with Crippen molar-refractivity contribution in [3.63, 3.8) is 0 Å². The minimum absolute atomic E-state index is 0.0441. The molecule has 1 N–H and O–H groups in total. The third-order valence-electron chi connectivity index (χ3n) is 5.25. The Morgan fingerprint density at radius 1 is 1.17 bits per heavy atom. The molecule has 3 heterocycles. The Bertz CT molecular complexity index is 1510. The van der Waals surface area contributed by atoms with E-state index >= 15 is 0 Å². The van der Waals surface area contributed by atoms with Crippen molar-refractivity contribution in [1.29, 1.82) is 5.26 Å². The second-order valence-electron chi connectivity index (χ2n) is 7.51. The summed E-state index contributed by atoms with van der Waals surface area (Å²) in [5, 5.41) is 12.8. The number of nitrogens with one attached hydrogen (secondary N) is 1. The number of hydrogen-bond donors (Lipinski definition) is 1. The lowest BCUT2D eigenvalue weighted by Crippen LogP contribution is -2.27. The summed E-state index contributed by atoms with van der Waals surface area (Å²) in [4.78, 5) is 33.4. The summed E-state index contributed by atoms with van der Waals surface area (Å²) in [5.74, 6) is -1.14. The van der Waals surface area contributed by atoms with Gasteiger partial charge in [-0.15, -0.1) is 0 Å².